The SMILES string of the molecule is NNC(CCc1ccsc1)c1ccc(Cl)c(Br)c1. The highest BCUT2D eigenvalue weighted by atomic mass is 79.9. The number of thiophene rings is 1. The van der Waals surface area contributed by atoms with E-state index in [2.05, 4.69) is 38.2 Å². The van der Waals surface area contributed by atoms with E-state index < -0.39 is 0 Å². The zero-order chi connectivity index (χ0) is 13.0. The van der Waals surface area contributed by atoms with E-state index in [0.29, 0.717) is 5.02 Å². The highest BCUT2D eigenvalue weighted by molar-refractivity contribution is 9.10. The Kier molecular flexibility index (Phi) is 5.21. The number of hydrogen-bond acceptors (Lipinski definition) is 3. The highest BCUT2D eigenvalue weighted by Gasteiger charge is 2.11. The van der Waals surface area contributed by atoms with E-state index in [9.17, 15) is 0 Å². The first-order valence-electron chi connectivity index (χ1n) is 5.63. The summed E-state index contributed by atoms with van der Waals surface area (Å²) in [4.78, 5) is 0. The zero-order valence-corrected chi connectivity index (χ0v) is 12.9. The van der Waals surface area contributed by atoms with Gasteiger partial charge < -0.3 is 0 Å². The number of hydrogen-bond donors (Lipinski definition) is 2. The van der Waals surface area contributed by atoms with E-state index in [-0.39, 0.29) is 6.04 Å². The monoisotopic (exact) mass is 344 g/mol. The molecule has 0 amide bonds. The average Bonchev–Trinajstić information content (AvgIpc) is 2.87. The summed E-state index contributed by atoms with van der Waals surface area (Å²) in [5, 5.41) is 4.98. The summed E-state index contributed by atoms with van der Waals surface area (Å²) in [5.41, 5.74) is 5.36. The van der Waals surface area contributed by atoms with Crippen LogP contribution < -0.4 is 11.3 Å². The van der Waals surface area contributed by atoms with Gasteiger partial charge in [0.25, 0.3) is 0 Å². The number of hydrazine groups is 1. The lowest BCUT2D eigenvalue weighted by Gasteiger charge is -2.16. The van der Waals surface area contributed by atoms with Crippen LogP contribution in [0.5, 0.6) is 0 Å². The van der Waals surface area contributed by atoms with Crippen molar-refractivity contribution in [2.24, 2.45) is 5.84 Å². The van der Waals surface area contributed by atoms with E-state index in [1.54, 1.807) is 11.3 Å². The van der Waals surface area contributed by atoms with Gasteiger partial charge in [0.2, 0.25) is 0 Å². The fourth-order valence-electron chi connectivity index (χ4n) is 1.82. The maximum absolute atomic E-state index is 5.99. The van der Waals surface area contributed by atoms with Gasteiger partial charge in [0, 0.05) is 10.5 Å². The van der Waals surface area contributed by atoms with E-state index in [1.165, 1.54) is 5.56 Å². The predicted molar refractivity (Wildman–Crippen MR) is 81.9 cm³/mol. The van der Waals surface area contributed by atoms with Crippen molar-refractivity contribution in [3.8, 4) is 0 Å². The predicted octanol–water partition coefficient (Wildman–Crippen LogP) is 4.30. The van der Waals surface area contributed by atoms with E-state index in [0.717, 1.165) is 22.9 Å². The second-order valence-electron chi connectivity index (χ2n) is 4.06. The zero-order valence-electron chi connectivity index (χ0n) is 9.70. The normalized spacial score (nSPS) is 12.6. The van der Waals surface area contributed by atoms with Crippen molar-refractivity contribution in [2.45, 2.75) is 18.9 Å². The summed E-state index contributed by atoms with van der Waals surface area (Å²) in [6.07, 6.45) is 1.97. The van der Waals surface area contributed by atoms with Crippen molar-refractivity contribution >= 4 is 38.9 Å². The Balaban J connectivity index is 2.05. The number of benzene rings is 1. The molecule has 2 aromatic rings. The standard InChI is InChI=1S/C13H14BrClN2S/c14-11-7-10(2-3-12(11)15)13(17-16)4-1-9-5-6-18-8-9/h2-3,5-8,13,17H,1,4,16H2. The van der Waals surface area contributed by atoms with Gasteiger partial charge in [-0.1, -0.05) is 17.7 Å². The molecule has 18 heavy (non-hydrogen) atoms. The Hall–Kier alpha value is -0.390. The maximum Gasteiger partial charge on any atom is 0.0548 e. The fraction of sp³-hybridized carbons (Fsp3) is 0.231. The Morgan fingerprint density at radius 3 is 2.83 bits per heavy atom. The summed E-state index contributed by atoms with van der Waals surface area (Å²) in [7, 11) is 0. The van der Waals surface area contributed by atoms with Crippen LogP contribution in [-0.2, 0) is 6.42 Å². The molecule has 1 atom stereocenters. The molecule has 0 saturated carbocycles. The number of halogens is 2. The summed E-state index contributed by atoms with van der Waals surface area (Å²) < 4.78 is 0.900. The molecule has 3 N–H and O–H groups in total. The molecule has 1 unspecified atom stereocenters. The third-order valence-electron chi connectivity index (χ3n) is 2.85. The summed E-state index contributed by atoms with van der Waals surface area (Å²) in [5.74, 6) is 5.64. The molecule has 0 aliphatic carbocycles. The van der Waals surface area contributed by atoms with Crippen LogP contribution in [-0.4, -0.2) is 0 Å². The molecule has 1 aromatic carbocycles. The molecule has 1 aromatic heterocycles. The van der Waals surface area contributed by atoms with Gasteiger partial charge in [0.1, 0.15) is 0 Å². The molecule has 0 aliphatic heterocycles. The van der Waals surface area contributed by atoms with Gasteiger partial charge in [0.15, 0.2) is 0 Å². The first-order chi connectivity index (χ1) is 8.70. The van der Waals surface area contributed by atoms with E-state index >= 15 is 0 Å². The number of aryl methyl sites for hydroxylation is 1. The van der Waals surface area contributed by atoms with Gasteiger partial charge in [0.05, 0.1) is 5.02 Å². The van der Waals surface area contributed by atoms with Crippen molar-refractivity contribution in [3.05, 3.63) is 55.6 Å². The van der Waals surface area contributed by atoms with Crippen LogP contribution in [0.2, 0.25) is 5.02 Å². The van der Waals surface area contributed by atoms with Crippen molar-refractivity contribution in [1.29, 1.82) is 0 Å². The quantitative estimate of drug-likeness (QED) is 0.626. The smallest absolute Gasteiger partial charge is 0.0548 e. The summed E-state index contributed by atoms with van der Waals surface area (Å²) in [6, 6.07) is 8.19. The molecule has 0 spiro atoms. The molecule has 2 rings (SSSR count). The van der Waals surface area contributed by atoms with Gasteiger partial charge >= 0.3 is 0 Å². The largest absolute Gasteiger partial charge is 0.271 e. The molecule has 96 valence electrons. The van der Waals surface area contributed by atoms with Crippen LogP contribution in [0.15, 0.2) is 39.5 Å². The third kappa shape index (κ3) is 3.56. The summed E-state index contributed by atoms with van der Waals surface area (Å²) in [6.45, 7) is 0. The molecule has 5 heteroatoms. The van der Waals surface area contributed by atoms with Crippen LogP contribution in [0.25, 0.3) is 0 Å². The van der Waals surface area contributed by atoms with Crippen molar-refractivity contribution in [2.75, 3.05) is 0 Å². The van der Waals surface area contributed by atoms with Crippen molar-refractivity contribution < 1.29 is 0 Å². The lowest BCUT2D eigenvalue weighted by Crippen LogP contribution is -2.28. The van der Waals surface area contributed by atoms with Gasteiger partial charge in [-0.15, -0.1) is 0 Å². The van der Waals surface area contributed by atoms with Gasteiger partial charge in [-0.05, 0) is 68.9 Å². The minimum absolute atomic E-state index is 0.137. The molecule has 0 radical (unpaired) electrons. The van der Waals surface area contributed by atoms with Crippen LogP contribution in [0.4, 0.5) is 0 Å². The minimum atomic E-state index is 0.137. The molecule has 0 fully saturated rings. The fourth-order valence-corrected chi connectivity index (χ4v) is 3.04. The molecule has 1 heterocycles. The molecular weight excluding hydrogens is 332 g/mol. The third-order valence-corrected chi connectivity index (χ3v) is 4.80. The Labute approximate surface area is 124 Å². The average molecular weight is 346 g/mol. The van der Waals surface area contributed by atoms with Gasteiger partial charge in [-0.25, -0.2) is 0 Å². The lowest BCUT2D eigenvalue weighted by molar-refractivity contribution is 0.516. The van der Waals surface area contributed by atoms with E-state index in [1.807, 2.05) is 18.2 Å². The Morgan fingerprint density at radius 2 is 2.22 bits per heavy atom. The highest BCUT2D eigenvalue weighted by Crippen LogP contribution is 2.27. The van der Waals surface area contributed by atoms with E-state index in [4.69, 9.17) is 17.4 Å². The first-order valence-corrected chi connectivity index (χ1v) is 7.74. The number of nitrogens with one attached hydrogen (secondary N) is 1. The van der Waals surface area contributed by atoms with Gasteiger partial charge in [-0.3, -0.25) is 11.3 Å². The van der Waals surface area contributed by atoms with Crippen LogP contribution in [0.3, 0.4) is 0 Å². The minimum Gasteiger partial charge on any atom is -0.271 e. The second kappa shape index (κ2) is 6.68. The number of rotatable bonds is 5. The molecule has 0 aliphatic rings. The topological polar surface area (TPSA) is 38.0 Å². The lowest BCUT2D eigenvalue weighted by atomic mass is 10.0. The first kappa shape index (κ1) is 14.0. The van der Waals surface area contributed by atoms with Gasteiger partial charge in [-0.2, -0.15) is 11.3 Å². The van der Waals surface area contributed by atoms with Crippen LogP contribution in [0.1, 0.15) is 23.6 Å². The van der Waals surface area contributed by atoms with Crippen LogP contribution >= 0.6 is 38.9 Å². The summed E-state index contributed by atoms with van der Waals surface area (Å²) >= 11 is 11.1. The Morgan fingerprint density at radius 1 is 1.39 bits per heavy atom. The molecule has 0 bridgehead atoms. The van der Waals surface area contributed by atoms with Crippen LogP contribution in [0, 0.1) is 0 Å². The molecule has 2 nitrogen and oxygen atoms in total. The Bertz CT molecular complexity index is 502. The van der Waals surface area contributed by atoms with Crippen molar-refractivity contribution in [1.82, 2.24) is 5.43 Å². The second-order valence-corrected chi connectivity index (χ2v) is 6.10. The van der Waals surface area contributed by atoms with Crippen molar-refractivity contribution in [3.63, 3.8) is 0 Å². The maximum atomic E-state index is 5.99. The number of nitrogens with two attached hydrogens (primary N) is 1. The molecule has 0 saturated heterocycles. The molecular formula is C13H14BrClN2S.